The van der Waals surface area contributed by atoms with Crippen LogP contribution < -0.4 is 14.4 Å². The zero-order valence-corrected chi connectivity index (χ0v) is 21.9. The number of piperazine rings is 1. The van der Waals surface area contributed by atoms with Crippen LogP contribution in [0.4, 0.5) is 18.9 Å². The van der Waals surface area contributed by atoms with Crippen LogP contribution in [0.2, 0.25) is 10.0 Å². The summed E-state index contributed by atoms with van der Waals surface area (Å²) >= 11 is 12.2. The number of methoxy groups -OCH3 is 2. The number of hydrogen-bond donors (Lipinski definition) is 0. The number of amides is 1. The molecule has 0 spiro atoms. The Morgan fingerprint density at radius 3 is 2.51 bits per heavy atom. The van der Waals surface area contributed by atoms with Crippen molar-refractivity contribution in [3.05, 3.63) is 58.2 Å². The molecule has 2 heterocycles. The first kappa shape index (κ1) is 26.9. The van der Waals surface area contributed by atoms with Crippen LogP contribution in [0.5, 0.6) is 11.5 Å². The number of hydrogen-bond acceptors (Lipinski definition) is 5. The Morgan fingerprint density at radius 2 is 1.86 bits per heavy atom. The van der Waals surface area contributed by atoms with Gasteiger partial charge in [-0.2, -0.15) is 18.3 Å². The molecule has 4 rings (SSSR count). The molecule has 1 amide bonds. The Bertz CT molecular complexity index is 1300. The van der Waals surface area contributed by atoms with Gasteiger partial charge in [-0.15, -0.1) is 0 Å². The molecule has 1 aliphatic heterocycles. The van der Waals surface area contributed by atoms with Crippen LogP contribution in [-0.4, -0.2) is 60.5 Å². The molecule has 2 aromatic carbocycles. The van der Waals surface area contributed by atoms with Crippen molar-refractivity contribution in [3.8, 4) is 22.8 Å². The first-order valence-electron chi connectivity index (χ1n) is 11.4. The number of carbonyl (C=O) groups excluding carboxylic acids is 1. The zero-order valence-electron chi connectivity index (χ0n) is 20.4. The molecule has 37 heavy (non-hydrogen) atoms. The Balaban J connectivity index is 1.57. The topological polar surface area (TPSA) is 59.8 Å². The summed E-state index contributed by atoms with van der Waals surface area (Å²) in [5.41, 5.74) is -0.0714. The van der Waals surface area contributed by atoms with Gasteiger partial charge in [-0.25, -0.2) is 4.68 Å². The number of aromatic nitrogens is 2. The van der Waals surface area contributed by atoms with E-state index in [0.717, 1.165) is 5.69 Å². The summed E-state index contributed by atoms with van der Waals surface area (Å²) in [7, 11) is 2.99. The van der Waals surface area contributed by atoms with Gasteiger partial charge in [-0.05, 0) is 31.2 Å². The predicted molar refractivity (Wildman–Crippen MR) is 136 cm³/mol. The van der Waals surface area contributed by atoms with Gasteiger partial charge in [0.15, 0.2) is 5.69 Å². The Morgan fingerprint density at radius 1 is 1.11 bits per heavy atom. The second kappa shape index (κ2) is 10.7. The van der Waals surface area contributed by atoms with Crippen molar-refractivity contribution in [1.29, 1.82) is 0 Å². The molecule has 7 nitrogen and oxygen atoms in total. The van der Waals surface area contributed by atoms with Gasteiger partial charge in [-0.3, -0.25) is 4.79 Å². The molecule has 1 aliphatic rings. The van der Waals surface area contributed by atoms with Crippen molar-refractivity contribution >= 4 is 34.8 Å². The third-order valence-corrected chi connectivity index (χ3v) is 6.81. The second-order valence-electron chi connectivity index (χ2n) is 8.60. The monoisotopic (exact) mass is 556 g/mol. The Kier molecular flexibility index (Phi) is 7.80. The first-order chi connectivity index (χ1) is 17.5. The van der Waals surface area contributed by atoms with E-state index in [9.17, 15) is 18.0 Å². The minimum atomic E-state index is -4.81. The van der Waals surface area contributed by atoms with Crippen LogP contribution in [0, 0.1) is 0 Å². The maximum atomic E-state index is 14.0. The highest BCUT2D eigenvalue weighted by Gasteiger charge is 2.41. The van der Waals surface area contributed by atoms with Gasteiger partial charge in [0, 0.05) is 42.3 Å². The first-order valence-corrected chi connectivity index (χ1v) is 12.1. The van der Waals surface area contributed by atoms with Crippen LogP contribution in [0.3, 0.4) is 0 Å². The van der Waals surface area contributed by atoms with E-state index in [1.165, 1.54) is 13.2 Å². The van der Waals surface area contributed by atoms with E-state index in [0.29, 0.717) is 46.4 Å². The van der Waals surface area contributed by atoms with Crippen molar-refractivity contribution in [3.63, 3.8) is 0 Å². The van der Waals surface area contributed by atoms with E-state index >= 15 is 0 Å². The number of halogens is 5. The van der Waals surface area contributed by atoms with E-state index in [1.807, 2.05) is 13.0 Å². The number of alkyl halides is 3. The van der Waals surface area contributed by atoms with Crippen molar-refractivity contribution < 1.29 is 27.4 Å². The number of anilines is 1. The van der Waals surface area contributed by atoms with Crippen molar-refractivity contribution in [1.82, 2.24) is 14.7 Å². The summed E-state index contributed by atoms with van der Waals surface area (Å²) in [6.45, 7) is 2.48. The fourth-order valence-corrected chi connectivity index (χ4v) is 4.97. The maximum Gasteiger partial charge on any atom is 0.434 e. The van der Waals surface area contributed by atoms with E-state index in [1.54, 1.807) is 42.3 Å². The Labute approximate surface area is 222 Å². The summed E-state index contributed by atoms with van der Waals surface area (Å²) in [5.74, 6) is 0.555. The normalized spacial score (nSPS) is 16.2. The lowest BCUT2D eigenvalue weighted by atomic mass is 10.1. The van der Waals surface area contributed by atoms with Gasteiger partial charge >= 0.3 is 6.18 Å². The molecule has 0 aliphatic carbocycles. The Hall–Kier alpha value is -3.11. The van der Waals surface area contributed by atoms with Crippen LogP contribution >= 0.6 is 23.2 Å². The highest BCUT2D eigenvalue weighted by Crippen LogP contribution is 2.40. The van der Waals surface area contributed by atoms with Crippen molar-refractivity contribution in [2.24, 2.45) is 0 Å². The average Bonchev–Trinajstić information content (AvgIpc) is 3.19. The third-order valence-electron chi connectivity index (χ3n) is 6.22. The van der Waals surface area contributed by atoms with Crippen molar-refractivity contribution in [2.45, 2.75) is 25.7 Å². The molecule has 0 radical (unpaired) electrons. The van der Waals surface area contributed by atoms with E-state index in [2.05, 4.69) is 10.00 Å². The molecule has 12 heteroatoms. The van der Waals surface area contributed by atoms with Gasteiger partial charge in [0.2, 0.25) is 5.91 Å². The molecule has 1 atom stereocenters. The molecule has 1 fully saturated rings. The van der Waals surface area contributed by atoms with Gasteiger partial charge in [0.25, 0.3) is 0 Å². The number of carbonyl (C=O) groups is 1. The zero-order chi connectivity index (χ0) is 26.9. The molecule has 0 N–H and O–H groups in total. The smallest absolute Gasteiger partial charge is 0.434 e. The third kappa shape index (κ3) is 5.60. The molecular weight excluding hydrogens is 532 g/mol. The van der Waals surface area contributed by atoms with Gasteiger partial charge in [-0.1, -0.05) is 35.3 Å². The summed E-state index contributed by atoms with van der Waals surface area (Å²) in [6.07, 6.45) is -4.81. The maximum absolute atomic E-state index is 14.0. The second-order valence-corrected chi connectivity index (χ2v) is 9.41. The van der Waals surface area contributed by atoms with Crippen LogP contribution in [-0.2, 0) is 17.5 Å². The van der Waals surface area contributed by atoms with E-state index < -0.39 is 29.3 Å². The molecule has 1 unspecified atom stereocenters. The van der Waals surface area contributed by atoms with Crippen LogP contribution in [0.25, 0.3) is 11.3 Å². The molecule has 1 saturated heterocycles. The van der Waals surface area contributed by atoms with E-state index in [-0.39, 0.29) is 11.7 Å². The largest absolute Gasteiger partial charge is 0.497 e. The molecule has 3 aromatic rings. The highest BCUT2D eigenvalue weighted by molar-refractivity contribution is 6.33. The lowest BCUT2D eigenvalue weighted by Gasteiger charge is -2.41. The molecule has 0 saturated carbocycles. The SMILES string of the molecule is COc1cccc(-c2nn(CC(=O)N3CCN(c4ccc(Cl)cc4OC)CC3C)c(C(F)(F)F)c2Cl)c1. The summed E-state index contributed by atoms with van der Waals surface area (Å²) in [4.78, 5) is 16.8. The standard InChI is InChI=1S/C25H25Cl2F3N4O3/c1-15-13-32(19-8-7-17(26)12-20(19)37-3)9-10-33(15)21(35)14-34-24(25(28,29)30)22(27)23(31-34)16-5-4-6-18(11-16)36-2/h4-8,11-12,15H,9-10,13-14H2,1-3H3. The van der Waals surface area contributed by atoms with Gasteiger partial charge in [0.05, 0.1) is 24.9 Å². The molecule has 0 bridgehead atoms. The molecule has 198 valence electrons. The average molecular weight is 557 g/mol. The minimum absolute atomic E-state index is 0.0756. The summed E-state index contributed by atoms with van der Waals surface area (Å²) < 4.78 is 53.1. The van der Waals surface area contributed by atoms with Gasteiger partial charge < -0.3 is 19.3 Å². The fraction of sp³-hybridized carbons (Fsp3) is 0.360. The number of ether oxygens (including phenoxy) is 2. The minimum Gasteiger partial charge on any atom is -0.497 e. The lowest BCUT2D eigenvalue weighted by Crippen LogP contribution is -2.55. The highest BCUT2D eigenvalue weighted by atomic mass is 35.5. The summed E-state index contributed by atoms with van der Waals surface area (Å²) in [6, 6.07) is 11.4. The van der Waals surface area contributed by atoms with Crippen LogP contribution in [0.15, 0.2) is 42.5 Å². The molecular formula is C25H25Cl2F3N4O3. The van der Waals surface area contributed by atoms with Crippen molar-refractivity contribution in [2.75, 3.05) is 38.8 Å². The predicted octanol–water partition coefficient (Wildman–Crippen LogP) is 5.63. The van der Waals surface area contributed by atoms with Gasteiger partial charge in [0.1, 0.15) is 23.7 Å². The fourth-order valence-electron chi connectivity index (χ4n) is 4.46. The number of benzene rings is 2. The molecule has 1 aromatic heterocycles. The quantitative estimate of drug-likeness (QED) is 0.393. The van der Waals surface area contributed by atoms with E-state index in [4.69, 9.17) is 32.7 Å². The number of nitrogens with zero attached hydrogens (tertiary/aromatic N) is 4. The lowest BCUT2D eigenvalue weighted by molar-refractivity contribution is -0.146. The summed E-state index contributed by atoms with van der Waals surface area (Å²) in [5, 5.41) is 4.07. The number of rotatable bonds is 6. The van der Waals surface area contributed by atoms with Crippen LogP contribution in [0.1, 0.15) is 12.6 Å².